The van der Waals surface area contributed by atoms with Gasteiger partial charge in [0.15, 0.2) is 0 Å². The summed E-state index contributed by atoms with van der Waals surface area (Å²) >= 11 is 0. The first-order valence-electron chi connectivity index (χ1n) is 7.26. The molecule has 0 unspecified atom stereocenters. The predicted molar refractivity (Wildman–Crippen MR) is 79.6 cm³/mol. The van der Waals surface area contributed by atoms with Crippen LogP contribution in [0.4, 0.5) is 9.18 Å². The van der Waals surface area contributed by atoms with Crippen LogP contribution in [0.1, 0.15) is 32.3 Å². The molecule has 1 saturated carbocycles. The smallest absolute Gasteiger partial charge is 0.314 e. The fraction of sp³-hybridized carbons (Fsp3) is 0.562. The number of aliphatic hydroxyl groups excluding tert-OH is 1. The van der Waals surface area contributed by atoms with Crippen LogP contribution in [0, 0.1) is 11.2 Å². The van der Waals surface area contributed by atoms with Crippen LogP contribution in [0.2, 0.25) is 0 Å². The maximum Gasteiger partial charge on any atom is 0.314 e. The van der Waals surface area contributed by atoms with E-state index >= 15 is 0 Å². The maximum absolute atomic E-state index is 12.9. The molecule has 1 aliphatic carbocycles. The number of halogens is 1. The standard InChI is InChI=1S/C16H23FN2O2/c1-15(2,12-3-5-13(17)6-4-12)9-18-14(21)19-10-16(11-20)7-8-16/h3-6,20H,7-11H2,1-2H3,(H2,18,19,21). The molecule has 0 aromatic heterocycles. The van der Waals surface area contributed by atoms with Crippen molar-refractivity contribution in [2.24, 2.45) is 5.41 Å². The Balaban J connectivity index is 1.80. The molecular weight excluding hydrogens is 271 g/mol. The van der Waals surface area contributed by atoms with Gasteiger partial charge in [0.05, 0.1) is 6.61 Å². The Bertz CT molecular complexity index is 496. The fourth-order valence-electron chi connectivity index (χ4n) is 2.20. The quantitative estimate of drug-likeness (QED) is 0.753. The Morgan fingerprint density at radius 3 is 2.43 bits per heavy atom. The molecule has 0 aliphatic heterocycles. The lowest BCUT2D eigenvalue weighted by Crippen LogP contribution is -2.44. The lowest BCUT2D eigenvalue weighted by Gasteiger charge is -2.26. The van der Waals surface area contributed by atoms with E-state index in [2.05, 4.69) is 10.6 Å². The number of aliphatic hydroxyl groups is 1. The average molecular weight is 294 g/mol. The third-order valence-corrected chi connectivity index (χ3v) is 4.23. The summed E-state index contributed by atoms with van der Waals surface area (Å²) < 4.78 is 12.9. The fourth-order valence-corrected chi connectivity index (χ4v) is 2.20. The third-order valence-electron chi connectivity index (χ3n) is 4.23. The van der Waals surface area contributed by atoms with Crippen LogP contribution in [0.5, 0.6) is 0 Å². The highest BCUT2D eigenvalue weighted by Crippen LogP contribution is 2.44. The van der Waals surface area contributed by atoms with E-state index in [-0.39, 0.29) is 29.3 Å². The number of amides is 2. The van der Waals surface area contributed by atoms with E-state index in [9.17, 15) is 14.3 Å². The molecular formula is C16H23FN2O2. The van der Waals surface area contributed by atoms with Crippen molar-refractivity contribution in [1.82, 2.24) is 10.6 Å². The first-order chi connectivity index (χ1) is 9.87. The number of hydrogen-bond acceptors (Lipinski definition) is 2. The number of nitrogens with one attached hydrogen (secondary N) is 2. The predicted octanol–water partition coefficient (Wildman–Crippen LogP) is 2.17. The second-order valence-corrected chi connectivity index (χ2v) is 6.59. The molecule has 1 fully saturated rings. The Labute approximate surface area is 124 Å². The molecule has 0 heterocycles. The lowest BCUT2D eigenvalue weighted by molar-refractivity contribution is 0.202. The summed E-state index contributed by atoms with van der Waals surface area (Å²) in [5.74, 6) is -0.265. The van der Waals surface area contributed by atoms with E-state index < -0.39 is 0 Å². The van der Waals surface area contributed by atoms with Crippen LogP contribution in [0.3, 0.4) is 0 Å². The number of benzene rings is 1. The van der Waals surface area contributed by atoms with Crippen molar-refractivity contribution in [1.29, 1.82) is 0 Å². The Morgan fingerprint density at radius 1 is 1.29 bits per heavy atom. The van der Waals surface area contributed by atoms with Crippen molar-refractivity contribution >= 4 is 6.03 Å². The second kappa shape index (κ2) is 6.02. The van der Waals surface area contributed by atoms with Crippen molar-refractivity contribution in [3.63, 3.8) is 0 Å². The normalized spacial score (nSPS) is 16.4. The number of hydrogen-bond donors (Lipinski definition) is 3. The molecule has 0 bridgehead atoms. The van der Waals surface area contributed by atoms with Crippen molar-refractivity contribution in [2.45, 2.75) is 32.1 Å². The zero-order chi connectivity index (χ0) is 15.5. The Kier molecular flexibility index (Phi) is 4.52. The van der Waals surface area contributed by atoms with Crippen molar-refractivity contribution in [3.05, 3.63) is 35.6 Å². The molecule has 1 aromatic carbocycles. The minimum Gasteiger partial charge on any atom is -0.396 e. The van der Waals surface area contributed by atoms with E-state index in [4.69, 9.17) is 0 Å². The summed E-state index contributed by atoms with van der Waals surface area (Å²) in [5.41, 5.74) is 0.599. The van der Waals surface area contributed by atoms with E-state index in [1.165, 1.54) is 12.1 Å². The molecule has 4 nitrogen and oxygen atoms in total. The monoisotopic (exact) mass is 294 g/mol. The first-order valence-corrected chi connectivity index (χ1v) is 7.26. The Hall–Kier alpha value is -1.62. The molecule has 2 rings (SSSR count). The van der Waals surface area contributed by atoms with Gasteiger partial charge in [-0.1, -0.05) is 26.0 Å². The van der Waals surface area contributed by atoms with E-state index in [1.807, 2.05) is 13.8 Å². The van der Waals surface area contributed by atoms with Gasteiger partial charge >= 0.3 is 6.03 Å². The van der Waals surface area contributed by atoms with Crippen LogP contribution in [-0.4, -0.2) is 30.8 Å². The highest BCUT2D eigenvalue weighted by atomic mass is 19.1. The molecule has 2 amide bonds. The molecule has 1 aromatic rings. The largest absolute Gasteiger partial charge is 0.396 e. The third kappa shape index (κ3) is 4.17. The summed E-state index contributed by atoms with van der Waals surface area (Å²) in [6.07, 6.45) is 1.93. The lowest BCUT2D eigenvalue weighted by atomic mass is 9.84. The van der Waals surface area contributed by atoms with Crippen LogP contribution < -0.4 is 10.6 Å². The second-order valence-electron chi connectivity index (χ2n) is 6.59. The van der Waals surface area contributed by atoms with Gasteiger partial charge in [-0.15, -0.1) is 0 Å². The SMILES string of the molecule is CC(C)(CNC(=O)NCC1(CO)CC1)c1ccc(F)cc1. The molecule has 3 N–H and O–H groups in total. The van der Waals surface area contributed by atoms with Gasteiger partial charge in [-0.25, -0.2) is 9.18 Å². The van der Waals surface area contributed by atoms with Gasteiger partial charge in [0.25, 0.3) is 0 Å². The molecule has 0 spiro atoms. The van der Waals surface area contributed by atoms with Gasteiger partial charge in [-0.2, -0.15) is 0 Å². The molecule has 21 heavy (non-hydrogen) atoms. The first kappa shape index (κ1) is 15.8. The summed E-state index contributed by atoms with van der Waals surface area (Å²) in [4.78, 5) is 11.8. The highest BCUT2D eigenvalue weighted by Gasteiger charge is 2.42. The zero-order valence-corrected chi connectivity index (χ0v) is 12.6. The minimum atomic E-state index is -0.278. The van der Waals surface area contributed by atoms with Crippen LogP contribution in [0.15, 0.2) is 24.3 Å². The zero-order valence-electron chi connectivity index (χ0n) is 12.6. The van der Waals surface area contributed by atoms with Gasteiger partial charge in [-0.05, 0) is 30.5 Å². The molecule has 0 saturated heterocycles. The molecule has 5 heteroatoms. The van der Waals surface area contributed by atoms with Gasteiger partial charge in [0.1, 0.15) is 5.82 Å². The van der Waals surface area contributed by atoms with Gasteiger partial charge in [0, 0.05) is 23.9 Å². The van der Waals surface area contributed by atoms with E-state index in [0.29, 0.717) is 13.1 Å². The maximum atomic E-state index is 12.9. The Morgan fingerprint density at radius 2 is 1.90 bits per heavy atom. The van der Waals surface area contributed by atoms with Crippen molar-refractivity contribution < 1.29 is 14.3 Å². The van der Waals surface area contributed by atoms with Gasteiger partial charge in [0.2, 0.25) is 0 Å². The number of carbonyl (C=O) groups is 1. The average Bonchev–Trinajstić information content (AvgIpc) is 3.24. The van der Waals surface area contributed by atoms with E-state index in [0.717, 1.165) is 18.4 Å². The summed E-state index contributed by atoms with van der Waals surface area (Å²) in [7, 11) is 0. The summed E-state index contributed by atoms with van der Waals surface area (Å²) in [6, 6.07) is 6.09. The molecule has 1 aliphatic rings. The topological polar surface area (TPSA) is 61.4 Å². The molecule has 0 radical (unpaired) electrons. The van der Waals surface area contributed by atoms with E-state index in [1.54, 1.807) is 12.1 Å². The van der Waals surface area contributed by atoms with Crippen LogP contribution in [-0.2, 0) is 5.41 Å². The van der Waals surface area contributed by atoms with Gasteiger partial charge in [-0.3, -0.25) is 0 Å². The van der Waals surface area contributed by atoms with Crippen LogP contribution >= 0.6 is 0 Å². The van der Waals surface area contributed by atoms with Crippen molar-refractivity contribution in [2.75, 3.05) is 19.7 Å². The number of rotatable bonds is 6. The summed E-state index contributed by atoms with van der Waals surface area (Å²) in [5, 5.41) is 14.8. The summed E-state index contributed by atoms with van der Waals surface area (Å²) in [6.45, 7) is 5.07. The van der Waals surface area contributed by atoms with Gasteiger partial charge < -0.3 is 15.7 Å². The minimum absolute atomic E-state index is 0.0934. The van der Waals surface area contributed by atoms with Crippen LogP contribution in [0.25, 0.3) is 0 Å². The number of carbonyl (C=O) groups excluding carboxylic acids is 1. The van der Waals surface area contributed by atoms with Crippen molar-refractivity contribution in [3.8, 4) is 0 Å². The molecule has 116 valence electrons. The molecule has 0 atom stereocenters. The number of urea groups is 1. The highest BCUT2D eigenvalue weighted by molar-refractivity contribution is 5.74.